The minimum absolute atomic E-state index is 0.0497. The van der Waals surface area contributed by atoms with Crippen LogP contribution in [0.25, 0.3) is 0 Å². The fourth-order valence-corrected chi connectivity index (χ4v) is 4.64. The molecule has 2 aromatic rings. The van der Waals surface area contributed by atoms with Crippen LogP contribution in [0.4, 0.5) is 23.1 Å². The number of fused-ring (bicyclic) bond motifs is 1. The Kier molecular flexibility index (Phi) is 7.87. The molecule has 2 aliphatic rings. The van der Waals surface area contributed by atoms with Crippen LogP contribution in [0.3, 0.4) is 0 Å². The Morgan fingerprint density at radius 3 is 2.64 bits per heavy atom. The van der Waals surface area contributed by atoms with Crippen LogP contribution in [0.1, 0.15) is 49.4 Å². The van der Waals surface area contributed by atoms with Gasteiger partial charge in [-0.1, -0.05) is 12.8 Å². The summed E-state index contributed by atoms with van der Waals surface area (Å²) in [6, 6.07) is 5.42. The number of carbonyl (C=O) groups excluding carboxylic acids is 3. The second kappa shape index (κ2) is 11.2. The van der Waals surface area contributed by atoms with E-state index in [1.54, 1.807) is 36.3 Å². The Hall–Kier alpha value is -3.89. The van der Waals surface area contributed by atoms with Crippen LogP contribution in [0, 0.1) is 0 Å². The number of methoxy groups -OCH3 is 1. The highest BCUT2D eigenvalue weighted by atomic mass is 16.5. The zero-order chi connectivity index (χ0) is 25.7. The van der Waals surface area contributed by atoms with Crippen molar-refractivity contribution in [3.8, 4) is 5.75 Å². The van der Waals surface area contributed by atoms with Crippen molar-refractivity contribution in [3.05, 3.63) is 30.0 Å². The van der Waals surface area contributed by atoms with E-state index < -0.39 is 0 Å². The lowest BCUT2D eigenvalue weighted by molar-refractivity contribution is -0.119. The monoisotopic (exact) mass is 495 g/mol. The molecule has 0 spiro atoms. The smallest absolute Gasteiger partial charge is 0.251 e. The molecule has 1 fully saturated rings. The van der Waals surface area contributed by atoms with E-state index >= 15 is 0 Å². The van der Waals surface area contributed by atoms with Crippen molar-refractivity contribution >= 4 is 40.9 Å². The van der Waals surface area contributed by atoms with Gasteiger partial charge in [-0.2, -0.15) is 4.98 Å². The summed E-state index contributed by atoms with van der Waals surface area (Å²) in [5, 5.41) is 8.60. The Morgan fingerprint density at radius 1 is 1.17 bits per heavy atom. The molecule has 1 aromatic heterocycles. The third kappa shape index (κ3) is 5.67. The first-order valence-corrected chi connectivity index (χ1v) is 12.3. The van der Waals surface area contributed by atoms with Crippen LogP contribution >= 0.6 is 0 Å². The first-order valence-electron chi connectivity index (χ1n) is 12.3. The first-order chi connectivity index (χ1) is 17.4. The van der Waals surface area contributed by atoms with E-state index in [9.17, 15) is 14.4 Å². The number of carbonyl (C=O) groups is 3. The molecule has 1 saturated carbocycles. The van der Waals surface area contributed by atoms with Crippen molar-refractivity contribution in [2.45, 2.75) is 45.1 Å². The van der Waals surface area contributed by atoms with Gasteiger partial charge >= 0.3 is 0 Å². The molecule has 3 amide bonds. The van der Waals surface area contributed by atoms with E-state index in [1.165, 1.54) is 26.9 Å². The van der Waals surface area contributed by atoms with E-state index in [-0.39, 0.29) is 17.7 Å². The fourth-order valence-electron chi connectivity index (χ4n) is 4.64. The highest BCUT2D eigenvalue weighted by Crippen LogP contribution is 2.36. The van der Waals surface area contributed by atoms with Crippen LogP contribution in [-0.4, -0.2) is 67.5 Å². The van der Waals surface area contributed by atoms with Gasteiger partial charge in [0.05, 0.1) is 19.0 Å². The van der Waals surface area contributed by atoms with Gasteiger partial charge in [0, 0.05) is 51.6 Å². The Labute approximate surface area is 210 Å². The van der Waals surface area contributed by atoms with Gasteiger partial charge in [0.25, 0.3) is 5.91 Å². The average Bonchev–Trinajstić information content (AvgIpc) is 3.37. The van der Waals surface area contributed by atoms with E-state index in [2.05, 4.69) is 25.8 Å². The SMILES string of the molecule is COc1cc(C(=O)NCCNC(C)=O)ccc1Nc1ncc2c(n1)N(C1CCCC1)CCC(=O)N2C. The molecule has 1 aliphatic heterocycles. The summed E-state index contributed by atoms with van der Waals surface area (Å²) in [5.74, 6) is 1.22. The number of aromatic nitrogens is 2. The molecular formula is C25H33N7O4. The van der Waals surface area contributed by atoms with Gasteiger partial charge in [-0.15, -0.1) is 0 Å². The number of rotatable bonds is 8. The number of benzene rings is 1. The molecule has 2 heterocycles. The van der Waals surface area contributed by atoms with E-state index in [4.69, 9.17) is 9.72 Å². The van der Waals surface area contributed by atoms with Gasteiger partial charge in [-0.3, -0.25) is 14.4 Å². The molecule has 0 radical (unpaired) electrons. The lowest BCUT2D eigenvalue weighted by atomic mass is 10.1. The molecule has 1 aliphatic carbocycles. The van der Waals surface area contributed by atoms with Gasteiger partial charge in [0.1, 0.15) is 11.4 Å². The number of hydrogen-bond acceptors (Lipinski definition) is 8. The number of nitrogens with zero attached hydrogens (tertiary/aromatic N) is 4. The molecule has 0 unspecified atom stereocenters. The zero-order valence-electron chi connectivity index (χ0n) is 21.0. The Morgan fingerprint density at radius 2 is 1.92 bits per heavy atom. The number of amides is 3. The summed E-state index contributed by atoms with van der Waals surface area (Å²) in [6.07, 6.45) is 6.66. The number of nitrogens with one attached hydrogen (secondary N) is 3. The third-order valence-corrected chi connectivity index (χ3v) is 6.58. The summed E-state index contributed by atoms with van der Waals surface area (Å²) in [6.45, 7) is 2.73. The van der Waals surface area contributed by atoms with Crippen LogP contribution in [-0.2, 0) is 9.59 Å². The van der Waals surface area contributed by atoms with Gasteiger partial charge < -0.3 is 30.5 Å². The maximum atomic E-state index is 12.6. The maximum absolute atomic E-state index is 12.6. The second-order valence-corrected chi connectivity index (χ2v) is 9.02. The molecule has 11 heteroatoms. The second-order valence-electron chi connectivity index (χ2n) is 9.02. The minimum atomic E-state index is -0.272. The summed E-state index contributed by atoms with van der Waals surface area (Å²) in [5.41, 5.74) is 1.74. The van der Waals surface area contributed by atoms with Crippen molar-refractivity contribution < 1.29 is 19.1 Å². The molecule has 4 rings (SSSR count). The lowest BCUT2D eigenvalue weighted by Gasteiger charge is -2.30. The molecule has 0 bridgehead atoms. The van der Waals surface area contributed by atoms with Crippen LogP contribution < -0.4 is 30.5 Å². The topological polar surface area (TPSA) is 129 Å². The Balaban J connectivity index is 1.54. The van der Waals surface area contributed by atoms with Gasteiger partial charge in [-0.25, -0.2) is 4.98 Å². The van der Waals surface area contributed by atoms with E-state index in [1.807, 2.05) is 0 Å². The molecule has 0 saturated heterocycles. The molecule has 1 aromatic carbocycles. The molecular weight excluding hydrogens is 462 g/mol. The van der Waals surface area contributed by atoms with Crippen LogP contribution in [0.15, 0.2) is 24.4 Å². The quantitative estimate of drug-likeness (QED) is 0.476. The molecule has 3 N–H and O–H groups in total. The molecule has 11 nitrogen and oxygen atoms in total. The van der Waals surface area contributed by atoms with Crippen molar-refractivity contribution in [2.75, 3.05) is 48.9 Å². The van der Waals surface area contributed by atoms with Crippen LogP contribution in [0.2, 0.25) is 0 Å². The number of ether oxygens (including phenoxy) is 1. The minimum Gasteiger partial charge on any atom is -0.495 e. The highest BCUT2D eigenvalue weighted by molar-refractivity contribution is 5.97. The summed E-state index contributed by atoms with van der Waals surface area (Å²) in [4.78, 5) is 49.2. The van der Waals surface area contributed by atoms with Crippen LogP contribution in [0.5, 0.6) is 5.75 Å². The highest BCUT2D eigenvalue weighted by Gasteiger charge is 2.31. The van der Waals surface area contributed by atoms with E-state index in [0.29, 0.717) is 60.7 Å². The number of hydrogen-bond donors (Lipinski definition) is 3. The summed E-state index contributed by atoms with van der Waals surface area (Å²) >= 11 is 0. The van der Waals surface area contributed by atoms with Gasteiger partial charge in [-0.05, 0) is 31.0 Å². The molecule has 0 atom stereocenters. The number of anilines is 4. The summed E-state index contributed by atoms with van der Waals surface area (Å²) < 4.78 is 5.51. The van der Waals surface area contributed by atoms with E-state index in [0.717, 1.165) is 18.7 Å². The third-order valence-electron chi connectivity index (χ3n) is 6.58. The predicted molar refractivity (Wildman–Crippen MR) is 137 cm³/mol. The van der Waals surface area contributed by atoms with Crippen molar-refractivity contribution in [1.29, 1.82) is 0 Å². The van der Waals surface area contributed by atoms with Gasteiger partial charge in [0.2, 0.25) is 17.8 Å². The standard InChI is InChI=1S/C25H33N7O4/c1-16(33)26-11-12-27-24(35)17-8-9-19(21(14-17)36-3)29-25-28-15-20-23(30-25)32(18-6-4-5-7-18)13-10-22(34)31(20)2/h8-9,14-15,18H,4-7,10-13H2,1-3H3,(H,26,33)(H,27,35)(H,28,29,30). The largest absolute Gasteiger partial charge is 0.495 e. The zero-order valence-corrected chi connectivity index (χ0v) is 21.0. The van der Waals surface area contributed by atoms with Gasteiger partial charge in [0.15, 0.2) is 5.82 Å². The molecule has 192 valence electrons. The summed E-state index contributed by atoms with van der Waals surface area (Å²) in [7, 11) is 3.29. The average molecular weight is 496 g/mol. The van der Waals surface area contributed by atoms with Crippen molar-refractivity contribution in [1.82, 2.24) is 20.6 Å². The first kappa shape index (κ1) is 25.2. The van der Waals surface area contributed by atoms with Crippen molar-refractivity contribution in [3.63, 3.8) is 0 Å². The maximum Gasteiger partial charge on any atom is 0.251 e. The Bertz CT molecular complexity index is 1130. The lowest BCUT2D eigenvalue weighted by Crippen LogP contribution is -2.34. The fraction of sp³-hybridized carbons (Fsp3) is 0.480. The van der Waals surface area contributed by atoms with Crippen molar-refractivity contribution in [2.24, 2.45) is 0 Å². The predicted octanol–water partition coefficient (Wildman–Crippen LogP) is 2.21. The normalized spacial score (nSPS) is 15.8. The molecule has 36 heavy (non-hydrogen) atoms.